The number of aromatic nitrogens is 2. The van der Waals surface area contributed by atoms with E-state index >= 15 is 0 Å². The number of benzene rings is 1. The van der Waals surface area contributed by atoms with E-state index in [0.717, 1.165) is 18.0 Å². The summed E-state index contributed by atoms with van der Waals surface area (Å²) in [7, 11) is 1.68. The number of rotatable bonds is 5. The van der Waals surface area contributed by atoms with Gasteiger partial charge < -0.3 is 10.1 Å². The van der Waals surface area contributed by atoms with Crippen LogP contribution >= 0.6 is 0 Å². The highest BCUT2D eigenvalue weighted by Gasteiger charge is 2.09. The molecule has 2 rings (SSSR count). The molecule has 0 spiro atoms. The van der Waals surface area contributed by atoms with Crippen LogP contribution in [-0.2, 0) is 6.54 Å². The van der Waals surface area contributed by atoms with Gasteiger partial charge >= 0.3 is 0 Å². The topological polar surface area (TPSA) is 49.9 Å². The lowest BCUT2D eigenvalue weighted by Gasteiger charge is -2.13. The third kappa shape index (κ3) is 2.90. The normalized spacial score (nSPS) is 12.4. The molecule has 0 saturated heterocycles. The van der Waals surface area contributed by atoms with Crippen LogP contribution in [0.5, 0.6) is 5.75 Å². The summed E-state index contributed by atoms with van der Waals surface area (Å²) in [4.78, 5) is 0. The molecule has 0 fully saturated rings. The van der Waals surface area contributed by atoms with Gasteiger partial charge in [-0.2, -0.15) is 5.10 Å². The molecule has 0 aliphatic rings. The minimum atomic E-state index is 0.283. The van der Waals surface area contributed by atoms with Crippen LogP contribution in [0.2, 0.25) is 0 Å². The first-order valence-electron chi connectivity index (χ1n) is 6.07. The van der Waals surface area contributed by atoms with Gasteiger partial charge in [-0.25, -0.2) is 0 Å². The van der Waals surface area contributed by atoms with Gasteiger partial charge in [0.2, 0.25) is 0 Å². The molecular weight excluding hydrogens is 226 g/mol. The quantitative estimate of drug-likeness (QED) is 0.851. The summed E-state index contributed by atoms with van der Waals surface area (Å²) in [5, 5.41) is 10.5. The number of nitrogens with one attached hydrogen (secondary N) is 2. The molecule has 1 heterocycles. The van der Waals surface area contributed by atoms with Crippen molar-refractivity contribution in [1.29, 1.82) is 0 Å². The number of aryl methyl sites for hydroxylation is 1. The molecule has 0 unspecified atom stereocenters. The van der Waals surface area contributed by atoms with Crippen molar-refractivity contribution in [2.75, 3.05) is 7.11 Å². The highest BCUT2D eigenvalue weighted by atomic mass is 16.5. The lowest BCUT2D eigenvalue weighted by atomic mass is 10.1. The second-order valence-corrected chi connectivity index (χ2v) is 4.40. The van der Waals surface area contributed by atoms with E-state index in [1.165, 1.54) is 11.1 Å². The van der Waals surface area contributed by atoms with Crippen molar-refractivity contribution < 1.29 is 4.74 Å². The first kappa shape index (κ1) is 12.6. The van der Waals surface area contributed by atoms with E-state index in [0.29, 0.717) is 0 Å². The Balaban J connectivity index is 1.93. The zero-order chi connectivity index (χ0) is 13.0. The van der Waals surface area contributed by atoms with Crippen LogP contribution in [-0.4, -0.2) is 17.3 Å². The number of ether oxygens (including phenoxy) is 1. The maximum atomic E-state index is 5.14. The molecule has 18 heavy (non-hydrogen) atoms. The zero-order valence-electron chi connectivity index (χ0n) is 11.0. The minimum absolute atomic E-state index is 0.283. The molecule has 4 heteroatoms. The number of methoxy groups -OCH3 is 1. The van der Waals surface area contributed by atoms with Crippen molar-refractivity contribution in [1.82, 2.24) is 15.5 Å². The van der Waals surface area contributed by atoms with Crippen LogP contribution in [0.25, 0.3) is 0 Å². The smallest absolute Gasteiger partial charge is 0.118 e. The van der Waals surface area contributed by atoms with Gasteiger partial charge in [0, 0.05) is 23.8 Å². The molecule has 96 valence electrons. The van der Waals surface area contributed by atoms with Crippen molar-refractivity contribution in [3.8, 4) is 5.75 Å². The van der Waals surface area contributed by atoms with Crippen LogP contribution in [0.1, 0.15) is 29.8 Å². The van der Waals surface area contributed by atoms with E-state index in [1.807, 2.05) is 25.3 Å². The molecule has 1 aromatic carbocycles. The second-order valence-electron chi connectivity index (χ2n) is 4.40. The molecule has 0 aliphatic heterocycles. The summed E-state index contributed by atoms with van der Waals surface area (Å²) in [6, 6.07) is 8.38. The van der Waals surface area contributed by atoms with Gasteiger partial charge in [-0.3, -0.25) is 5.10 Å². The van der Waals surface area contributed by atoms with Crippen molar-refractivity contribution in [2.24, 2.45) is 0 Å². The average molecular weight is 245 g/mol. The lowest BCUT2D eigenvalue weighted by Crippen LogP contribution is -2.18. The molecular formula is C14H19N3O. The molecule has 0 saturated carbocycles. The summed E-state index contributed by atoms with van der Waals surface area (Å²) < 4.78 is 5.14. The monoisotopic (exact) mass is 245 g/mol. The first-order chi connectivity index (χ1) is 8.70. The summed E-state index contributed by atoms with van der Waals surface area (Å²) in [5.74, 6) is 0.887. The van der Waals surface area contributed by atoms with Crippen LogP contribution in [0.3, 0.4) is 0 Å². The lowest BCUT2D eigenvalue weighted by molar-refractivity contribution is 0.414. The largest absolute Gasteiger partial charge is 0.497 e. The number of aromatic amines is 1. The summed E-state index contributed by atoms with van der Waals surface area (Å²) in [5.41, 5.74) is 3.57. The van der Waals surface area contributed by atoms with Crippen LogP contribution in [0.4, 0.5) is 0 Å². The molecule has 1 atom stereocenters. The molecule has 0 amide bonds. The van der Waals surface area contributed by atoms with Gasteiger partial charge in [-0.05, 0) is 31.5 Å². The van der Waals surface area contributed by atoms with Gasteiger partial charge in [0.1, 0.15) is 5.75 Å². The standard InChI is InChI=1S/C14H19N3O/c1-10(14-9-16-17-11(14)2)15-8-12-4-6-13(18-3)7-5-12/h4-7,9-10,15H,8H2,1-3H3,(H,16,17)/t10-/m1/s1. The molecule has 4 nitrogen and oxygen atoms in total. The van der Waals surface area contributed by atoms with Gasteiger partial charge in [-0.1, -0.05) is 12.1 Å². The van der Waals surface area contributed by atoms with Crippen LogP contribution in [0.15, 0.2) is 30.5 Å². The van der Waals surface area contributed by atoms with Crippen molar-refractivity contribution >= 4 is 0 Å². The Bertz CT molecular complexity index is 490. The van der Waals surface area contributed by atoms with E-state index in [-0.39, 0.29) is 6.04 Å². The minimum Gasteiger partial charge on any atom is -0.497 e. The van der Waals surface area contributed by atoms with E-state index in [9.17, 15) is 0 Å². The number of nitrogens with zero attached hydrogens (tertiary/aromatic N) is 1. The Kier molecular flexibility index (Phi) is 3.99. The summed E-state index contributed by atoms with van der Waals surface area (Å²) in [6.45, 7) is 5.01. The second kappa shape index (κ2) is 5.69. The predicted molar refractivity (Wildman–Crippen MR) is 71.6 cm³/mol. The maximum absolute atomic E-state index is 5.14. The van der Waals surface area contributed by atoms with E-state index in [2.05, 4.69) is 34.6 Å². The Labute approximate surface area is 107 Å². The Morgan fingerprint density at radius 2 is 2.06 bits per heavy atom. The SMILES string of the molecule is COc1ccc(CN[C@H](C)c2cn[nH]c2C)cc1. The van der Waals surface area contributed by atoms with E-state index in [4.69, 9.17) is 4.74 Å². The molecule has 2 N–H and O–H groups in total. The maximum Gasteiger partial charge on any atom is 0.118 e. The molecule has 0 aliphatic carbocycles. The van der Waals surface area contributed by atoms with Crippen LogP contribution < -0.4 is 10.1 Å². The third-order valence-electron chi connectivity index (χ3n) is 3.11. The molecule has 2 aromatic rings. The van der Waals surface area contributed by atoms with Crippen molar-refractivity contribution in [3.63, 3.8) is 0 Å². The Morgan fingerprint density at radius 3 is 2.61 bits per heavy atom. The van der Waals surface area contributed by atoms with E-state index < -0.39 is 0 Å². The van der Waals surface area contributed by atoms with Gasteiger partial charge in [-0.15, -0.1) is 0 Å². The molecule has 0 radical (unpaired) electrons. The van der Waals surface area contributed by atoms with Crippen molar-refractivity contribution in [2.45, 2.75) is 26.4 Å². The van der Waals surface area contributed by atoms with Crippen LogP contribution in [0, 0.1) is 6.92 Å². The fourth-order valence-electron chi connectivity index (χ4n) is 1.92. The third-order valence-corrected chi connectivity index (χ3v) is 3.11. The van der Waals surface area contributed by atoms with Gasteiger partial charge in [0.05, 0.1) is 13.3 Å². The molecule has 1 aromatic heterocycles. The average Bonchev–Trinajstić information content (AvgIpc) is 2.83. The van der Waals surface area contributed by atoms with Gasteiger partial charge in [0.15, 0.2) is 0 Å². The first-order valence-corrected chi connectivity index (χ1v) is 6.07. The Hall–Kier alpha value is -1.81. The molecule has 0 bridgehead atoms. The Morgan fingerprint density at radius 1 is 1.33 bits per heavy atom. The number of hydrogen-bond acceptors (Lipinski definition) is 3. The van der Waals surface area contributed by atoms with Gasteiger partial charge in [0.25, 0.3) is 0 Å². The highest BCUT2D eigenvalue weighted by Crippen LogP contribution is 2.16. The number of H-pyrrole nitrogens is 1. The van der Waals surface area contributed by atoms with E-state index in [1.54, 1.807) is 7.11 Å². The van der Waals surface area contributed by atoms with Crippen molar-refractivity contribution in [3.05, 3.63) is 47.3 Å². The summed E-state index contributed by atoms with van der Waals surface area (Å²) in [6.07, 6.45) is 1.88. The fourth-order valence-corrected chi connectivity index (χ4v) is 1.92. The number of hydrogen-bond donors (Lipinski definition) is 2. The fraction of sp³-hybridized carbons (Fsp3) is 0.357. The highest BCUT2D eigenvalue weighted by molar-refractivity contribution is 5.27. The zero-order valence-corrected chi connectivity index (χ0v) is 11.0. The summed E-state index contributed by atoms with van der Waals surface area (Å²) >= 11 is 0. The predicted octanol–water partition coefficient (Wildman–Crippen LogP) is 2.58.